The average molecular weight is 213 g/mol. The molecule has 0 aliphatic carbocycles. The topological polar surface area (TPSA) is 49.3 Å². The van der Waals surface area contributed by atoms with Gasteiger partial charge in [0.2, 0.25) is 0 Å². The highest BCUT2D eigenvalue weighted by atomic mass is 16.4. The van der Waals surface area contributed by atoms with E-state index >= 15 is 0 Å². The first-order valence-corrected chi connectivity index (χ1v) is 6.23. The molecule has 0 aromatic carbocycles. The Morgan fingerprint density at radius 3 is 2.60 bits per heavy atom. The number of carbonyl (C=O) groups is 1. The van der Waals surface area contributed by atoms with Crippen LogP contribution in [0, 0.1) is 0 Å². The molecule has 0 saturated carbocycles. The van der Waals surface area contributed by atoms with Gasteiger partial charge in [0.15, 0.2) is 0 Å². The van der Waals surface area contributed by atoms with Gasteiger partial charge in [0.25, 0.3) is 0 Å². The van der Waals surface area contributed by atoms with Crippen LogP contribution in [0.4, 0.5) is 0 Å². The first-order valence-electron chi connectivity index (χ1n) is 6.23. The van der Waals surface area contributed by atoms with Gasteiger partial charge >= 0.3 is 5.97 Å². The fourth-order valence-electron chi connectivity index (χ4n) is 2.24. The average Bonchev–Trinajstić information content (AvgIpc) is 2.66. The summed E-state index contributed by atoms with van der Waals surface area (Å²) < 4.78 is 0. The third kappa shape index (κ3) is 4.65. The Labute approximate surface area is 92.3 Å². The number of unbranched alkanes of at least 4 members (excludes halogenated alkanes) is 4. The molecule has 2 N–H and O–H groups in total. The van der Waals surface area contributed by atoms with Crippen molar-refractivity contribution in [1.29, 1.82) is 0 Å². The van der Waals surface area contributed by atoms with E-state index < -0.39 is 5.97 Å². The zero-order chi connectivity index (χ0) is 11.1. The molecule has 0 radical (unpaired) electrons. The zero-order valence-corrected chi connectivity index (χ0v) is 9.67. The normalized spacial score (nSPS) is 25.7. The maximum atomic E-state index is 10.7. The number of hydrogen-bond acceptors (Lipinski definition) is 2. The Morgan fingerprint density at radius 2 is 2.00 bits per heavy atom. The van der Waals surface area contributed by atoms with Gasteiger partial charge in [-0.2, -0.15) is 0 Å². The lowest BCUT2D eigenvalue weighted by molar-refractivity contribution is -0.139. The van der Waals surface area contributed by atoms with Crippen LogP contribution >= 0.6 is 0 Å². The smallest absolute Gasteiger partial charge is 0.320 e. The van der Waals surface area contributed by atoms with Gasteiger partial charge in [-0.15, -0.1) is 0 Å². The summed E-state index contributed by atoms with van der Waals surface area (Å²) in [6.45, 7) is 2.22. The fourth-order valence-corrected chi connectivity index (χ4v) is 2.24. The summed E-state index contributed by atoms with van der Waals surface area (Å²) in [6.07, 6.45) is 9.45. The van der Waals surface area contributed by atoms with Crippen molar-refractivity contribution in [2.75, 3.05) is 0 Å². The predicted molar refractivity (Wildman–Crippen MR) is 61.0 cm³/mol. The van der Waals surface area contributed by atoms with Crippen LogP contribution in [-0.4, -0.2) is 23.2 Å². The van der Waals surface area contributed by atoms with Crippen molar-refractivity contribution in [1.82, 2.24) is 5.32 Å². The first kappa shape index (κ1) is 12.5. The minimum absolute atomic E-state index is 0.286. The molecule has 1 fully saturated rings. The van der Waals surface area contributed by atoms with E-state index in [9.17, 15) is 4.79 Å². The van der Waals surface area contributed by atoms with E-state index in [-0.39, 0.29) is 6.04 Å². The molecule has 1 rings (SSSR count). The van der Waals surface area contributed by atoms with Gasteiger partial charge in [-0.05, 0) is 19.3 Å². The van der Waals surface area contributed by atoms with Gasteiger partial charge in [-0.3, -0.25) is 4.79 Å². The van der Waals surface area contributed by atoms with Gasteiger partial charge in [0.05, 0.1) is 0 Å². The molecule has 1 saturated heterocycles. The Kier molecular flexibility index (Phi) is 5.69. The van der Waals surface area contributed by atoms with Crippen molar-refractivity contribution in [3.8, 4) is 0 Å². The molecule has 0 amide bonds. The standard InChI is InChI=1S/C12H23NO2/c1-2-3-4-5-6-7-10-8-9-11(13-10)12(14)15/h10-11,13H,2-9H2,1H3,(H,14,15). The number of nitrogens with one attached hydrogen (secondary N) is 1. The van der Waals surface area contributed by atoms with Gasteiger partial charge in [0.1, 0.15) is 6.04 Å². The molecule has 3 nitrogen and oxygen atoms in total. The molecular weight excluding hydrogens is 190 g/mol. The highest BCUT2D eigenvalue weighted by molar-refractivity contribution is 5.73. The van der Waals surface area contributed by atoms with Gasteiger partial charge in [-0.1, -0.05) is 39.0 Å². The summed E-state index contributed by atoms with van der Waals surface area (Å²) in [5.74, 6) is -0.691. The molecule has 1 heterocycles. The quantitative estimate of drug-likeness (QED) is 0.639. The van der Waals surface area contributed by atoms with Crippen LogP contribution in [0.2, 0.25) is 0 Å². The summed E-state index contributed by atoms with van der Waals surface area (Å²) in [6, 6.07) is 0.165. The number of aliphatic carboxylic acids is 1. The van der Waals surface area contributed by atoms with Crippen molar-refractivity contribution in [2.45, 2.75) is 70.4 Å². The van der Waals surface area contributed by atoms with E-state index in [0.717, 1.165) is 19.3 Å². The summed E-state index contributed by atoms with van der Waals surface area (Å²) in [5, 5.41) is 12.0. The maximum absolute atomic E-state index is 10.7. The molecular formula is C12H23NO2. The summed E-state index contributed by atoms with van der Waals surface area (Å²) in [7, 11) is 0. The number of rotatable bonds is 7. The van der Waals surface area contributed by atoms with E-state index in [1.807, 2.05) is 0 Å². The van der Waals surface area contributed by atoms with Gasteiger partial charge < -0.3 is 10.4 Å². The number of hydrogen-bond donors (Lipinski definition) is 2. The summed E-state index contributed by atoms with van der Waals surface area (Å²) in [5.41, 5.74) is 0. The summed E-state index contributed by atoms with van der Waals surface area (Å²) >= 11 is 0. The van der Waals surface area contributed by atoms with Gasteiger partial charge in [0, 0.05) is 6.04 Å². The van der Waals surface area contributed by atoms with Crippen LogP contribution in [0.5, 0.6) is 0 Å². The lowest BCUT2D eigenvalue weighted by atomic mass is 10.1. The molecule has 3 heteroatoms. The van der Waals surface area contributed by atoms with Crippen molar-refractivity contribution >= 4 is 5.97 Å². The third-order valence-electron chi connectivity index (χ3n) is 3.19. The molecule has 0 bridgehead atoms. The van der Waals surface area contributed by atoms with Crippen LogP contribution in [-0.2, 0) is 4.79 Å². The van der Waals surface area contributed by atoms with Crippen molar-refractivity contribution in [2.24, 2.45) is 0 Å². The lowest BCUT2D eigenvalue weighted by Gasteiger charge is -2.11. The molecule has 15 heavy (non-hydrogen) atoms. The molecule has 2 atom stereocenters. The Balaban J connectivity index is 2.01. The van der Waals surface area contributed by atoms with E-state index in [4.69, 9.17) is 5.11 Å². The van der Waals surface area contributed by atoms with E-state index in [0.29, 0.717) is 6.04 Å². The molecule has 1 aliphatic rings. The summed E-state index contributed by atoms with van der Waals surface area (Å²) in [4.78, 5) is 10.7. The lowest BCUT2D eigenvalue weighted by Crippen LogP contribution is -2.35. The van der Waals surface area contributed by atoms with Crippen molar-refractivity contribution in [3.63, 3.8) is 0 Å². The molecule has 0 aromatic rings. The zero-order valence-electron chi connectivity index (χ0n) is 9.67. The van der Waals surface area contributed by atoms with Crippen LogP contribution in [0.25, 0.3) is 0 Å². The molecule has 2 unspecified atom stereocenters. The minimum atomic E-state index is -0.691. The number of carboxylic acids is 1. The van der Waals surface area contributed by atoms with Crippen LogP contribution in [0.3, 0.4) is 0 Å². The van der Waals surface area contributed by atoms with Crippen LogP contribution in [0.15, 0.2) is 0 Å². The van der Waals surface area contributed by atoms with Gasteiger partial charge in [-0.25, -0.2) is 0 Å². The van der Waals surface area contributed by atoms with E-state index in [1.54, 1.807) is 0 Å². The Bertz CT molecular complexity index is 194. The second-order valence-electron chi connectivity index (χ2n) is 4.53. The predicted octanol–water partition coefficient (Wildman–Crippen LogP) is 2.55. The van der Waals surface area contributed by atoms with Crippen molar-refractivity contribution < 1.29 is 9.90 Å². The monoisotopic (exact) mass is 213 g/mol. The second kappa shape index (κ2) is 6.83. The molecule has 88 valence electrons. The highest BCUT2D eigenvalue weighted by Gasteiger charge is 2.27. The molecule has 0 aromatic heterocycles. The van der Waals surface area contributed by atoms with Crippen LogP contribution < -0.4 is 5.32 Å². The largest absolute Gasteiger partial charge is 0.480 e. The highest BCUT2D eigenvalue weighted by Crippen LogP contribution is 2.18. The Morgan fingerprint density at radius 1 is 1.27 bits per heavy atom. The SMILES string of the molecule is CCCCCCCC1CCC(C(=O)O)N1. The number of carboxylic acid groups (broad SMARTS) is 1. The molecule has 0 spiro atoms. The first-order chi connectivity index (χ1) is 7.24. The third-order valence-corrected chi connectivity index (χ3v) is 3.19. The Hall–Kier alpha value is -0.570. The van der Waals surface area contributed by atoms with E-state index in [1.165, 1.54) is 32.1 Å². The molecule has 1 aliphatic heterocycles. The fraction of sp³-hybridized carbons (Fsp3) is 0.917. The van der Waals surface area contributed by atoms with Crippen LogP contribution in [0.1, 0.15) is 58.3 Å². The van der Waals surface area contributed by atoms with E-state index in [2.05, 4.69) is 12.2 Å². The second-order valence-corrected chi connectivity index (χ2v) is 4.53. The minimum Gasteiger partial charge on any atom is -0.480 e. The van der Waals surface area contributed by atoms with Crippen molar-refractivity contribution in [3.05, 3.63) is 0 Å². The maximum Gasteiger partial charge on any atom is 0.320 e.